The van der Waals surface area contributed by atoms with E-state index in [1.54, 1.807) is 0 Å². The summed E-state index contributed by atoms with van der Waals surface area (Å²) in [4.78, 5) is 17.4. The van der Waals surface area contributed by atoms with Gasteiger partial charge in [-0.3, -0.25) is 0 Å². The van der Waals surface area contributed by atoms with Crippen LogP contribution in [0, 0.1) is 0 Å². The van der Waals surface area contributed by atoms with Gasteiger partial charge in [0.2, 0.25) is 0 Å². The molecule has 3 heterocycles. The summed E-state index contributed by atoms with van der Waals surface area (Å²) in [6.45, 7) is 4.76. The second kappa shape index (κ2) is 11.4. The van der Waals surface area contributed by atoms with Crippen molar-refractivity contribution in [2.75, 3.05) is 4.90 Å². The van der Waals surface area contributed by atoms with E-state index in [1.165, 1.54) is 53.4 Å². The average molecular weight is 673 g/mol. The molecule has 0 spiro atoms. The molecule has 1 aliphatic heterocycles. The van der Waals surface area contributed by atoms with Gasteiger partial charge in [-0.1, -0.05) is 135 Å². The van der Waals surface area contributed by atoms with Gasteiger partial charge in [-0.15, -0.1) is 11.3 Å². The van der Waals surface area contributed by atoms with E-state index >= 15 is 0 Å². The Balaban J connectivity index is 1.20. The van der Waals surface area contributed by atoms with Gasteiger partial charge in [0.05, 0.1) is 16.1 Å². The summed E-state index contributed by atoms with van der Waals surface area (Å²) in [6.07, 6.45) is 0. The van der Waals surface area contributed by atoms with Crippen LogP contribution in [0.5, 0.6) is 0 Å². The van der Waals surface area contributed by atoms with Gasteiger partial charge < -0.3 is 4.90 Å². The quantitative estimate of drug-likeness (QED) is 0.187. The molecular weight excluding hydrogens is 641 g/mol. The van der Waals surface area contributed by atoms with Crippen LogP contribution in [0.4, 0.5) is 17.1 Å². The van der Waals surface area contributed by atoms with Crippen molar-refractivity contribution in [3.05, 3.63) is 169 Å². The van der Waals surface area contributed by atoms with Gasteiger partial charge >= 0.3 is 0 Å². The summed E-state index contributed by atoms with van der Waals surface area (Å²) in [6, 6.07) is 55.7. The second-order valence-corrected chi connectivity index (χ2v) is 14.7. The van der Waals surface area contributed by atoms with Crippen LogP contribution >= 0.6 is 11.3 Å². The zero-order chi connectivity index (χ0) is 34.1. The largest absolute Gasteiger partial charge is 0.308 e. The molecule has 0 saturated heterocycles. The first-order chi connectivity index (χ1) is 25.1. The number of anilines is 3. The number of nitrogens with zero attached hydrogens (tertiary/aromatic N) is 4. The predicted octanol–water partition coefficient (Wildman–Crippen LogP) is 12.5. The number of fused-ring (bicyclic) bond motifs is 9. The van der Waals surface area contributed by atoms with Crippen LogP contribution in [-0.2, 0) is 5.41 Å². The van der Waals surface area contributed by atoms with Crippen molar-refractivity contribution in [3.8, 4) is 34.2 Å². The highest BCUT2D eigenvalue weighted by Crippen LogP contribution is 2.58. The maximum absolute atomic E-state index is 5.00. The molecule has 0 fully saturated rings. The molecule has 0 amide bonds. The van der Waals surface area contributed by atoms with E-state index in [4.69, 9.17) is 15.0 Å². The van der Waals surface area contributed by atoms with Crippen LogP contribution in [0.2, 0.25) is 0 Å². The highest BCUT2D eigenvalue weighted by Gasteiger charge is 2.40. The maximum Gasteiger partial charge on any atom is 0.164 e. The number of benzene rings is 7. The SMILES string of the molecule is CC1(C)c2ccccc2N(c2ccc(-c3nc(-c4ccccc4)nc(-c4ccccc4)n3)cc2)c2c1c1ccccc1c1c2sc2ccccc21. The first-order valence-electron chi connectivity index (χ1n) is 17.3. The van der Waals surface area contributed by atoms with E-state index in [2.05, 4.69) is 116 Å². The van der Waals surface area contributed by atoms with Crippen LogP contribution in [0.15, 0.2) is 158 Å². The minimum atomic E-state index is -0.223. The Kier molecular flexibility index (Phi) is 6.67. The third-order valence-corrected chi connectivity index (χ3v) is 11.4. The Hall–Kier alpha value is -6.17. The highest BCUT2D eigenvalue weighted by atomic mass is 32.1. The molecule has 242 valence electrons. The minimum absolute atomic E-state index is 0.223. The van der Waals surface area contributed by atoms with E-state index in [9.17, 15) is 0 Å². The molecule has 7 aromatic carbocycles. The highest BCUT2D eigenvalue weighted by molar-refractivity contribution is 7.26. The van der Waals surface area contributed by atoms with Gasteiger partial charge in [0.1, 0.15) is 0 Å². The smallest absolute Gasteiger partial charge is 0.164 e. The molecule has 51 heavy (non-hydrogen) atoms. The minimum Gasteiger partial charge on any atom is -0.308 e. The first-order valence-corrected chi connectivity index (χ1v) is 18.1. The van der Waals surface area contributed by atoms with E-state index in [1.807, 2.05) is 72.0 Å². The Morgan fingerprint density at radius 1 is 0.490 bits per heavy atom. The number of thiophene rings is 1. The normalized spacial score (nSPS) is 13.4. The molecule has 0 atom stereocenters. The number of para-hydroxylation sites is 1. The summed E-state index contributed by atoms with van der Waals surface area (Å²) >= 11 is 1.90. The van der Waals surface area contributed by atoms with Crippen molar-refractivity contribution < 1.29 is 0 Å². The van der Waals surface area contributed by atoms with Crippen LogP contribution in [0.3, 0.4) is 0 Å². The van der Waals surface area contributed by atoms with E-state index in [0.29, 0.717) is 17.5 Å². The van der Waals surface area contributed by atoms with Crippen molar-refractivity contribution in [2.24, 2.45) is 0 Å². The third kappa shape index (κ3) is 4.62. The number of rotatable bonds is 4. The van der Waals surface area contributed by atoms with Gasteiger partial charge in [-0.25, -0.2) is 15.0 Å². The topological polar surface area (TPSA) is 41.9 Å². The van der Waals surface area contributed by atoms with Crippen molar-refractivity contribution in [3.63, 3.8) is 0 Å². The zero-order valence-corrected chi connectivity index (χ0v) is 29.0. The Morgan fingerprint density at radius 2 is 1.00 bits per heavy atom. The molecular formula is C46H32N4S. The lowest BCUT2D eigenvalue weighted by molar-refractivity contribution is 0.639. The van der Waals surface area contributed by atoms with E-state index < -0.39 is 0 Å². The van der Waals surface area contributed by atoms with Crippen LogP contribution < -0.4 is 4.90 Å². The molecule has 0 bridgehead atoms. The van der Waals surface area contributed by atoms with Crippen molar-refractivity contribution in [1.82, 2.24) is 15.0 Å². The third-order valence-electron chi connectivity index (χ3n) is 10.3. The Labute approximate surface area is 300 Å². The first kappa shape index (κ1) is 29.7. The molecule has 9 aromatic rings. The summed E-state index contributed by atoms with van der Waals surface area (Å²) in [5.74, 6) is 1.96. The van der Waals surface area contributed by atoms with Gasteiger partial charge in [-0.2, -0.15) is 0 Å². The van der Waals surface area contributed by atoms with Crippen LogP contribution in [-0.4, -0.2) is 15.0 Å². The lowest BCUT2D eigenvalue weighted by atomic mass is 9.71. The van der Waals surface area contributed by atoms with Gasteiger partial charge in [0, 0.05) is 43.3 Å². The van der Waals surface area contributed by atoms with Crippen LogP contribution in [0.1, 0.15) is 25.0 Å². The van der Waals surface area contributed by atoms with Crippen LogP contribution in [0.25, 0.3) is 65.1 Å². The summed E-state index contributed by atoms with van der Waals surface area (Å²) < 4.78 is 2.62. The van der Waals surface area contributed by atoms with E-state index in [-0.39, 0.29) is 5.41 Å². The van der Waals surface area contributed by atoms with E-state index in [0.717, 1.165) is 22.4 Å². The van der Waals surface area contributed by atoms with Gasteiger partial charge in [-0.05, 0) is 58.3 Å². The average Bonchev–Trinajstić information content (AvgIpc) is 3.59. The monoisotopic (exact) mass is 672 g/mol. The fourth-order valence-electron chi connectivity index (χ4n) is 7.90. The summed E-state index contributed by atoms with van der Waals surface area (Å²) in [5.41, 5.74) is 8.86. The molecule has 0 saturated carbocycles. The van der Waals surface area contributed by atoms with Crippen molar-refractivity contribution in [1.29, 1.82) is 0 Å². The summed E-state index contributed by atoms with van der Waals surface area (Å²) in [7, 11) is 0. The number of hydrogen-bond donors (Lipinski definition) is 0. The molecule has 0 unspecified atom stereocenters. The zero-order valence-electron chi connectivity index (χ0n) is 28.2. The molecule has 0 radical (unpaired) electrons. The van der Waals surface area contributed by atoms with Gasteiger partial charge in [0.25, 0.3) is 0 Å². The van der Waals surface area contributed by atoms with Crippen molar-refractivity contribution in [2.45, 2.75) is 19.3 Å². The molecule has 0 N–H and O–H groups in total. The molecule has 10 rings (SSSR count). The fraction of sp³-hybridized carbons (Fsp3) is 0.0652. The molecule has 5 heteroatoms. The Morgan fingerprint density at radius 3 is 1.65 bits per heavy atom. The lowest BCUT2D eigenvalue weighted by Crippen LogP contribution is -2.31. The summed E-state index contributed by atoms with van der Waals surface area (Å²) in [5, 5.41) is 5.25. The number of aromatic nitrogens is 3. The molecule has 4 nitrogen and oxygen atoms in total. The standard InChI is InChI=1S/C46H32N4S/c1-46(2)36-22-12-13-23-37(36)50(41-40(46)34-20-10-9-19-33(34)39-35-21-11-14-24-38(35)51-42(39)41)32-27-25-31(26-28-32)45-48-43(29-15-5-3-6-16-29)47-44(49-45)30-17-7-4-8-18-30/h3-28H,1-2H3. The Bertz CT molecular complexity index is 2710. The fourth-order valence-corrected chi connectivity index (χ4v) is 9.16. The van der Waals surface area contributed by atoms with Crippen molar-refractivity contribution >= 4 is 59.3 Å². The predicted molar refractivity (Wildman–Crippen MR) is 213 cm³/mol. The molecule has 0 aliphatic carbocycles. The lowest BCUT2D eigenvalue weighted by Gasteiger charge is -2.43. The maximum atomic E-state index is 5.00. The van der Waals surface area contributed by atoms with Gasteiger partial charge in [0.15, 0.2) is 17.5 Å². The molecule has 1 aliphatic rings. The second-order valence-electron chi connectivity index (χ2n) is 13.6. The molecule has 2 aromatic heterocycles. The number of hydrogen-bond acceptors (Lipinski definition) is 5.